The number of nitrogens with zero attached hydrogens (tertiary/aromatic N) is 1. The van der Waals surface area contributed by atoms with Crippen LogP contribution in [0.1, 0.15) is 45.2 Å². The zero-order valence-corrected chi connectivity index (χ0v) is 17.7. The van der Waals surface area contributed by atoms with Gasteiger partial charge in [0.15, 0.2) is 0 Å². The van der Waals surface area contributed by atoms with Gasteiger partial charge in [0.2, 0.25) is 0 Å². The highest BCUT2D eigenvalue weighted by Gasteiger charge is 2.27. The minimum absolute atomic E-state index is 0.338. The number of carbonyl (C=O) groups is 2. The van der Waals surface area contributed by atoms with E-state index < -0.39 is 23.7 Å². The molecule has 29 heavy (non-hydrogen) atoms. The number of benzene rings is 1. The minimum Gasteiger partial charge on any atom is -0.467 e. The first kappa shape index (κ1) is 21.2. The molecule has 2 N–H and O–H groups in total. The molecule has 2 aromatic rings. The Morgan fingerprint density at radius 1 is 1.24 bits per heavy atom. The normalized spacial score (nSPS) is 16.4. The quantitative estimate of drug-likeness (QED) is 0.752. The fourth-order valence-electron chi connectivity index (χ4n) is 3.83. The van der Waals surface area contributed by atoms with Crippen LogP contribution in [-0.4, -0.2) is 48.5 Å². The molecule has 1 fully saturated rings. The maximum Gasteiger partial charge on any atom is 0.408 e. The number of hydrogen-bond donors (Lipinski definition) is 2. The number of fused-ring (bicyclic) bond motifs is 1. The van der Waals surface area contributed by atoms with Gasteiger partial charge >= 0.3 is 12.1 Å². The molecule has 3 rings (SSSR count). The predicted molar refractivity (Wildman–Crippen MR) is 112 cm³/mol. The van der Waals surface area contributed by atoms with Crippen LogP contribution in [0.5, 0.6) is 0 Å². The molecule has 1 unspecified atom stereocenters. The highest BCUT2D eigenvalue weighted by molar-refractivity contribution is 5.86. The topological polar surface area (TPSA) is 81.6 Å². The molecular formula is C22H31N3O4. The molecule has 1 aliphatic rings. The van der Waals surface area contributed by atoms with Gasteiger partial charge in [-0.25, -0.2) is 9.59 Å². The summed E-state index contributed by atoms with van der Waals surface area (Å²) in [5.74, 6) is -0.491. The van der Waals surface area contributed by atoms with Crippen LogP contribution in [0.3, 0.4) is 0 Å². The van der Waals surface area contributed by atoms with Crippen molar-refractivity contribution in [1.29, 1.82) is 0 Å². The van der Waals surface area contributed by atoms with Crippen LogP contribution in [0.15, 0.2) is 30.5 Å². The van der Waals surface area contributed by atoms with Gasteiger partial charge in [0.25, 0.3) is 0 Å². The molecule has 1 aliphatic heterocycles. The summed E-state index contributed by atoms with van der Waals surface area (Å²) in [4.78, 5) is 24.6. The van der Waals surface area contributed by atoms with Crippen LogP contribution in [0.4, 0.5) is 4.79 Å². The van der Waals surface area contributed by atoms with Gasteiger partial charge < -0.3 is 24.7 Å². The number of alkyl carbamates (subject to hydrolysis) is 1. The second-order valence-electron chi connectivity index (χ2n) is 8.49. The molecule has 0 spiro atoms. The molecule has 158 valence electrons. The summed E-state index contributed by atoms with van der Waals surface area (Å²) in [6.07, 6.45) is 3.95. The number of carbonyl (C=O) groups excluding carboxylic acids is 2. The lowest BCUT2D eigenvalue weighted by Gasteiger charge is -2.25. The number of nitrogens with one attached hydrogen (secondary N) is 2. The first-order valence-corrected chi connectivity index (χ1v) is 10.1. The second-order valence-corrected chi connectivity index (χ2v) is 8.49. The summed E-state index contributed by atoms with van der Waals surface area (Å²) in [5.41, 5.74) is 1.51. The smallest absolute Gasteiger partial charge is 0.408 e. The Kier molecular flexibility index (Phi) is 6.47. The van der Waals surface area contributed by atoms with Gasteiger partial charge in [-0.1, -0.05) is 18.2 Å². The van der Waals surface area contributed by atoms with Crippen molar-refractivity contribution in [3.63, 3.8) is 0 Å². The lowest BCUT2D eigenvalue weighted by atomic mass is 10.1. The number of piperidine rings is 1. The van der Waals surface area contributed by atoms with Crippen molar-refractivity contribution in [3.05, 3.63) is 36.0 Å². The van der Waals surface area contributed by atoms with Crippen molar-refractivity contribution < 1.29 is 19.1 Å². The predicted octanol–water partition coefficient (Wildman–Crippen LogP) is 3.17. The summed E-state index contributed by atoms with van der Waals surface area (Å²) in [7, 11) is 1.32. The van der Waals surface area contributed by atoms with E-state index in [0.717, 1.165) is 42.4 Å². The lowest BCUT2D eigenvalue weighted by Crippen LogP contribution is -2.45. The van der Waals surface area contributed by atoms with Crippen LogP contribution in [-0.2, 0) is 20.7 Å². The maximum atomic E-state index is 12.4. The average Bonchev–Trinajstić information content (AvgIpc) is 3.05. The zero-order chi connectivity index (χ0) is 21.0. The molecule has 7 heteroatoms. The molecule has 1 aromatic heterocycles. The van der Waals surface area contributed by atoms with Crippen molar-refractivity contribution >= 4 is 23.0 Å². The van der Waals surface area contributed by atoms with E-state index in [-0.39, 0.29) is 0 Å². The van der Waals surface area contributed by atoms with Gasteiger partial charge in [0, 0.05) is 29.6 Å². The molecule has 0 bridgehead atoms. The molecule has 0 radical (unpaired) electrons. The molecule has 0 aliphatic carbocycles. The highest BCUT2D eigenvalue weighted by Crippen LogP contribution is 2.29. The minimum atomic E-state index is -0.817. The third kappa shape index (κ3) is 5.29. The van der Waals surface area contributed by atoms with Gasteiger partial charge in [-0.15, -0.1) is 0 Å². The van der Waals surface area contributed by atoms with E-state index in [9.17, 15) is 9.59 Å². The lowest BCUT2D eigenvalue weighted by molar-refractivity contribution is -0.143. The van der Waals surface area contributed by atoms with Gasteiger partial charge in [-0.2, -0.15) is 0 Å². The third-order valence-electron chi connectivity index (χ3n) is 5.13. The summed E-state index contributed by atoms with van der Waals surface area (Å²) < 4.78 is 12.6. The van der Waals surface area contributed by atoms with Crippen molar-refractivity contribution in [3.8, 4) is 0 Å². The van der Waals surface area contributed by atoms with E-state index in [4.69, 9.17) is 9.47 Å². The van der Waals surface area contributed by atoms with E-state index in [1.807, 2.05) is 12.1 Å². The summed E-state index contributed by atoms with van der Waals surface area (Å²) in [5, 5.41) is 7.16. The number of amides is 1. The molecule has 7 nitrogen and oxygen atoms in total. The van der Waals surface area contributed by atoms with E-state index >= 15 is 0 Å². The van der Waals surface area contributed by atoms with Gasteiger partial charge in [0.1, 0.15) is 11.6 Å². The SMILES string of the molecule is COC(=O)C(Cc1cn(C2CCNCC2)c2ccccc12)NC(=O)OC(C)(C)C. The Balaban J connectivity index is 1.87. The number of para-hydroxylation sites is 1. The van der Waals surface area contributed by atoms with E-state index in [1.54, 1.807) is 20.8 Å². The largest absolute Gasteiger partial charge is 0.467 e. The van der Waals surface area contributed by atoms with Crippen molar-refractivity contribution in [2.24, 2.45) is 0 Å². The Morgan fingerprint density at radius 2 is 1.93 bits per heavy atom. The third-order valence-corrected chi connectivity index (χ3v) is 5.13. The van der Waals surface area contributed by atoms with Gasteiger partial charge in [0.05, 0.1) is 7.11 Å². The van der Waals surface area contributed by atoms with Gasteiger partial charge in [-0.3, -0.25) is 0 Å². The van der Waals surface area contributed by atoms with Crippen LogP contribution in [0, 0.1) is 0 Å². The maximum absolute atomic E-state index is 12.4. The van der Waals surface area contributed by atoms with E-state index in [1.165, 1.54) is 7.11 Å². The van der Waals surface area contributed by atoms with Crippen LogP contribution in [0.2, 0.25) is 0 Å². The number of esters is 1. The number of rotatable bonds is 5. The van der Waals surface area contributed by atoms with E-state index in [2.05, 4.69) is 33.5 Å². The Morgan fingerprint density at radius 3 is 2.59 bits per heavy atom. The Labute approximate surface area is 171 Å². The molecule has 2 heterocycles. The summed E-state index contributed by atoms with van der Waals surface area (Å²) >= 11 is 0. The number of ether oxygens (including phenoxy) is 2. The summed E-state index contributed by atoms with van der Waals surface area (Å²) in [6, 6.07) is 7.79. The summed E-state index contributed by atoms with van der Waals surface area (Å²) in [6.45, 7) is 7.35. The molecular weight excluding hydrogens is 370 g/mol. The van der Waals surface area contributed by atoms with E-state index in [0.29, 0.717) is 12.5 Å². The van der Waals surface area contributed by atoms with Crippen molar-refractivity contribution in [2.45, 2.75) is 57.7 Å². The van der Waals surface area contributed by atoms with Crippen molar-refractivity contribution in [2.75, 3.05) is 20.2 Å². The highest BCUT2D eigenvalue weighted by atomic mass is 16.6. The average molecular weight is 402 g/mol. The fourth-order valence-corrected chi connectivity index (χ4v) is 3.83. The first-order chi connectivity index (χ1) is 13.8. The van der Waals surface area contributed by atoms with Crippen molar-refractivity contribution in [1.82, 2.24) is 15.2 Å². The molecule has 0 saturated carbocycles. The molecule has 1 amide bonds. The Hall–Kier alpha value is -2.54. The molecule has 1 aromatic carbocycles. The first-order valence-electron chi connectivity index (χ1n) is 10.1. The molecule has 1 atom stereocenters. The number of methoxy groups -OCH3 is 1. The monoisotopic (exact) mass is 401 g/mol. The fraction of sp³-hybridized carbons (Fsp3) is 0.545. The van der Waals surface area contributed by atoms with Crippen LogP contribution >= 0.6 is 0 Å². The van der Waals surface area contributed by atoms with Crippen LogP contribution in [0.25, 0.3) is 10.9 Å². The number of aromatic nitrogens is 1. The standard InChI is InChI=1S/C22H31N3O4/c1-22(2,3)29-21(27)24-18(20(26)28-4)13-15-14-25(16-9-11-23-12-10-16)19-8-6-5-7-17(15)19/h5-8,14,16,18,23H,9-13H2,1-4H3,(H,24,27). The van der Waals surface area contributed by atoms with Crippen LogP contribution < -0.4 is 10.6 Å². The zero-order valence-electron chi connectivity index (χ0n) is 17.7. The second kappa shape index (κ2) is 8.86. The van der Waals surface area contributed by atoms with Gasteiger partial charge in [-0.05, 0) is 58.3 Å². The number of hydrogen-bond acceptors (Lipinski definition) is 5. The Bertz CT molecular complexity index is 863. The molecule has 1 saturated heterocycles.